The molecule has 0 radical (unpaired) electrons. The van der Waals surface area contributed by atoms with Gasteiger partial charge in [-0.15, -0.1) is 0 Å². The third-order valence-electron chi connectivity index (χ3n) is 3.27. The molecule has 0 aromatic carbocycles. The Bertz CT molecular complexity index is 597. The van der Waals surface area contributed by atoms with Crippen molar-refractivity contribution in [2.45, 2.75) is 45.6 Å². The molecule has 1 aliphatic rings. The van der Waals surface area contributed by atoms with E-state index in [-0.39, 0.29) is 23.8 Å². The van der Waals surface area contributed by atoms with Crippen LogP contribution in [0.5, 0.6) is 0 Å². The highest BCUT2D eigenvalue weighted by Gasteiger charge is 2.23. The first kappa shape index (κ1) is 15.2. The number of likely N-dealkylation sites (N-methyl/N-ethyl adjacent to an activating group) is 1. The fourth-order valence-electron chi connectivity index (χ4n) is 2.53. The zero-order valence-corrected chi connectivity index (χ0v) is 13.0. The molecule has 0 atom stereocenters. The van der Waals surface area contributed by atoms with Gasteiger partial charge in [0.05, 0.1) is 12.2 Å². The Labute approximate surface area is 125 Å². The number of anilines is 1. The third kappa shape index (κ3) is 3.69. The largest absolute Gasteiger partial charge is 0.350 e. The van der Waals surface area contributed by atoms with Crippen LogP contribution in [0.25, 0.3) is 0 Å². The van der Waals surface area contributed by atoms with Crippen molar-refractivity contribution in [1.29, 1.82) is 5.26 Å². The van der Waals surface area contributed by atoms with Gasteiger partial charge >= 0.3 is 0 Å². The molecule has 2 rings (SSSR count). The fraction of sp³-hybridized carbons (Fsp3) is 0.600. The highest BCUT2D eigenvalue weighted by atomic mass is 16.2. The number of carbonyl (C=O) groups excluding carboxylic acids is 1. The Morgan fingerprint density at radius 1 is 1.38 bits per heavy atom. The second-order valence-corrected chi connectivity index (χ2v) is 6.42. The van der Waals surface area contributed by atoms with Crippen LogP contribution in [0.1, 0.15) is 44.3 Å². The molecule has 0 bridgehead atoms. The Kier molecular flexibility index (Phi) is 4.12. The van der Waals surface area contributed by atoms with Crippen LogP contribution < -0.4 is 10.2 Å². The van der Waals surface area contributed by atoms with E-state index in [9.17, 15) is 4.79 Å². The van der Waals surface area contributed by atoms with E-state index >= 15 is 0 Å². The minimum Gasteiger partial charge on any atom is -0.350 e. The molecule has 1 aliphatic carbocycles. The average molecular weight is 287 g/mol. The summed E-state index contributed by atoms with van der Waals surface area (Å²) < 4.78 is 0. The van der Waals surface area contributed by atoms with Crippen molar-refractivity contribution >= 4 is 11.7 Å². The van der Waals surface area contributed by atoms with Crippen molar-refractivity contribution < 1.29 is 4.79 Å². The molecule has 0 saturated carbocycles. The van der Waals surface area contributed by atoms with Crippen LogP contribution in [0.2, 0.25) is 0 Å². The van der Waals surface area contributed by atoms with Gasteiger partial charge in [-0.2, -0.15) is 5.26 Å². The molecular formula is C15H21N5O. The summed E-state index contributed by atoms with van der Waals surface area (Å²) in [4.78, 5) is 22.4. The Morgan fingerprint density at radius 2 is 2.10 bits per heavy atom. The van der Waals surface area contributed by atoms with E-state index in [4.69, 9.17) is 5.26 Å². The lowest BCUT2D eigenvalue weighted by atomic mass is 10.1. The minimum absolute atomic E-state index is 0.0612. The van der Waals surface area contributed by atoms with Crippen molar-refractivity contribution in [3.05, 3.63) is 17.1 Å². The average Bonchev–Trinajstić information content (AvgIpc) is 2.82. The number of rotatable bonds is 3. The molecule has 1 amide bonds. The summed E-state index contributed by atoms with van der Waals surface area (Å²) in [7, 11) is 1.82. The molecule has 112 valence electrons. The van der Waals surface area contributed by atoms with Gasteiger partial charge < -0.3 is 10.2 Å². The molecule has 0 saturated heterocycles. The lowest BCUT2D eigenvalue weighted by Crippen LogP contribution is -2.45. The molecule has 0 fully saturated rings. The van der Waals surface area contributed by atoms with Crippen LogP contribution >= 0.6 is 0 Å². The molecule has 6 nitrogen and oxygen atoms in total. The van der Waals surface area contributed by atoms with Crippen LogP contribution in [0, 0.1) is 11.3 Å². The summed E-state index contributed by atoms with van der Waals surface area (Å²) in [6.45, 7) is 6.05. The van der Waals surface area contributed by atoms with E-state index in [1.165, 1.54) is 0 Å². The fourth-order valence-corrected chi connectivity index (χ4v) is 2.53. The van der Waals surface area contributed by atoms with Gasteiger partial charge in [0.25, 0.3) is 0 Å². The molecule has 1 aromatic rings. The van der Waals surface area contributed by atoms with E-state index < -0.39 is 0 Å². The number of fused-ring (bicyclic) bond motifs is 1. The van der Waals surface area contributed by atoms with Crippen LogP contribution in [0.3, 0.4) is 0 Å². The van der Waals surface area contributed by atoms with Gasteiger partial charge in [-0.3, -0.25) is 4.79 Å². The van der Waals surface area contributed by atoms with Crippen LogP contribution in [-0.2, 0) is 17.6 Å². The quantitative estimate of drug-likeness (QED) is 0.903. The molecule has 0 unspecified atom stereocenters. The number of hydrogen-bond acceptors (Lipinski definition) is 5. The molecular weight excluding hydrogens is 266 g/mol. The monoisotopic (exact) mass is 287 g/mol. The van der Waals surface area contributed by atoms with Crippen LogP contribution in [-0.4, -0.2) is 35.0 Å². The molecule has 6 heteroatoms. The predicted octanol–water partition coefficient (Wildman–Crippen LogP) is 1.19. The minimum atomic E-state index is -0.261. The van der Waals surface area contributed by atoms with E-state index in [0.29, 0.717) is 5.82 Å². The number of hydrogen-bond donors (Lipinski definition) is 1. The third-order valence-corrected chi connectivity index (χ3v) is 3.27. The Balaban J connectivity index is 2.20. The summed E-state index contributed by atoms with van der Waals surface area (Å²) in [6.07, 6.45) is 2.80. The number of nitrogens with zero attached hydrogens (tertiary/aromatic N) is 4. The maximum absolute atomic E-state index is 12.0. The van der Waals surface area contributed by atoms with Crippen LogP contribution in [0.4, 0.5) is 5.82 Å². The number of aryl methyl sites for hydroxylation is 1. The summed E-state index contributed by atoms with van der Waals surface area (Å²) in [5, 5.41) is 12.0. The maximum atomic E-state index is 12.0. The summed E-state index contributed by atoms with van der Waals surface area (Å²) >= 11 is 0. The lowest BCUT2D eigenvalue weighted by molar-refractivity contribution is -0.121. The molecule has 1 aromatic heterocycles. The van der Waals surface area contributed by atoms with E-state index in [1.54, 1.807) is 4.90 Å². The number of nitrogens with one attached hydrogen (secondary N) is 1. The predicted molar refractivity (Wildman–Crippen MR) is 79.9 cm³/mol. The summed E-state index contributed by atoms with van der Waals surface area (Å²) in [6, 6.07) is 1.99. The Hall–Kier alpha value is -2.16. The van der Waals surface area contributed by atoms with Gasteiger partial charge in [0.1, 0.15) is 11.9 Å². The molecule has 21 heavy (non-hydrogen) atoms. The lowest BCUT2D eigenvalue weighted by Gasteiger charge is -2.25. The second-order valence-electron chi connectivity index (χ2n) is 6.42. The SMILES string of the molecule is CN(CC(=O)NC(C)(C)C)c1nc(C#N)nc2c1CCC2. The van der Waals surface area contributed by atoms with Crippen molar-refractivity contribution in [1.82, 2.24) is 15.3 Å². The van der Waals surface area contributed by atoms with Crippen molar-refractivity contribution in [3.8, 4) is 6.07 Å². The Morgan fingerprint density at radius 3 is 2.71 bits per heavy atom. The molecule has 0 spiro atoms. The highest BCUT2D eigenvalue weighted by molar-refractivity contribution is 5.81. The smallest absolute Gasteiger partial charge is 0.239 e. The zero-order chi connectivity index (χ0) is 15.6. The van der Waals surface area contributed by atoms with Gasteiger partial charge in [0.2, 0.25) is 11.7 Å². The standard InChI is InChI=1S/C15H21N5O/c1-15(2,3)19-13(21)9-20(4)14-10-6-5-7-11(10)17-12(8-16)18-14/h5-7,9H2,1-4H3,(H,19,21). The van der Waals surface area contributed by atoms with E-state index in [0.717, 1.165) is 30.5 Å². The van der Waals surface area contributed by atoms with E-state index in [2.05, 4.69) is 15.3 Å². The molecule has 0 aliphatic heterocycles. The van der Waals surface area contributed by atoms with Crippen molar-refractivity contribution in [2.75, 3.05) is 18.5 Å². The van der Waals surface area contributed by atoms with Gasteiger partial charge in [-0.1, -0.05) is 0 Å². The van der Waals surface area contributed by atoms with Crippen molar-refractivity contribution in [3.63, 3.8) is 0 Å². The molecule has 1 heterocycles. The maximum Gasteiger partial charge on any atom is 0.239 e. The second kappa shape index (κ2) is 5.68. The van der Waals surface area contributed by atoms with E-state index in [1.807, 2.05) is 33.9 Å². The normalized spacial score (nSPS) is 13.5. The van der Waals surface area contributed by atoms with Crippen molar-refractivity contribution in [2.24, 2.45) is 0 Å². The summed E-state index contributed by atoms with van der Waals surface area (Å²) in [5.74, 6) is 0.820. The number of carbonyl (C=O) groups is 1. The zero-order valence-electron chi connectivity index (χ0n) is 13.0. The van der Waals surface area contributed by atoms with Gasteiger partial charge in [-0.05, 0) is 40.0 Å². The summed E-state index contributed by atoms with van der Waals surface area (Å²) in [5.41, 5.74) is 1.75. The van der Waals surface area contributed by atoms with Gasteiger partial charge in [0.15, 0.2) is 0 Å². The van der Waals surface area contributed by atoms with Gasteiger partial charge in [0, 0.05) is 18.2 Å². The number of aromatic nitrogens is 2. The number of amides is 1. The van der Waals surface area contributed by atoms with Gasteiger partial charge in [-0.25, -0.2) is 9.97 Å². The first-order chi connectivity index (χ1) is 9.80. The number of nitriles is 1. The molecule has 1 N–H and O–H groups in total. The first-order valence-electron chi connectivity index (χ1n) is 7.12. The first-order valence-corrected chi connectivity index (χ1v) is 7.12. The highest BCUT2D eigenvalue weighted by Crippen LogP contribution is 2.28. The topological polar surface area (TPSA) is 81.9 Å². The van der Waals surface area contributed by atoms with Crippen LogP contribution in [0.15, 0.2) is 0 Å².